The third-order valence-corrected chi connectivity index (χ3v) is 6.17. The van der Waals surface area contributed by atoms with Gasteiger partial charge in [0.1, 0.15) is 0 Å². The Morgan fingerprint density at radius 3 is 2.49 bits per heavy atom. The van der Waals surface area contributed by atoms with E-state index in [1.54, 1.807) is 44.6 Å². The third kappa shape index (κ3) is 7.19. The highest BCUT2D eigenvalue weighted by Gasteiger charge is 2.32. The quantitative estimate of drug-likeness (QED) is 0.451. The number of ether oxygens (including phenoxy) is 3. The molecule has 1 aliphatic rings. The minimum Gasteiger partial charge on any atom is -0.493 e. The van der Waals surface area contributed by atoms with Crippen LogP contribution < -0.4 is 20.1 Å². The van der Waals surface area contributed by atoms with E-state index in [1.165, 1.54) is 0 Å². The zero-order valence-electron chi connectivity index (χ0n) is 21.1. The van der Waals surface area contributed by atoms with Crippen LogP contribution in [0.2, 0.25) is 0 Å². The van der Waals surface area contributed by atoms with Crippen LogP contribution in [0.15, 0.2) is 48.5 Å². The molecule has 0 bridgehead atoms. The lowest BCUT2D eigenvalue weighted by Gasteiger charge is -2.32. The summed E-state index contributed by atoms with van der Waals surface area (Å²) < 4.78 is 16.3. The van der Waals surface area contributed by atoms with E-state index < -0.39 is 0 Å². The number of amides is 2. The fraction of sp³-hybridized carbons (Fsp3) is 0.481. The molecule has 0 radical (unpaired) electrons. The van der Waals surface area contributed by atoms with E-state index in [0.717, 1.165) is 13.0 Å². The molecule has 2 aromatic carbocycles. The summed E-state index contributed by atoms with van der Waals surface area (Å²) in [7, 11) is 3.23. The van der Waals surface area contributed by atoms with Gasteiger partial charge >= 0.3 is 0 Å². The molecule has 0 saturated carbocycles. The second kappa shape index (κ2) is 13.1. The zero-order chi connectivity index (χ0) is 25.2. The van der Waals surface area contributed by atoms with Gasteiger partial charge in [-0.15, -0.1) is 0 Å². The Kier molecular flexibility index (Phi) is 9.93. The number of nitrogens with one attached hydrogen (secondary N) is 2. The van der Waals surface area contributed by atoms with E-state index in [-0.39, 0.29) is 29.8 Å². The van der Waals surface area contributed by atoms with E-state index in [4.69, 9.17) is 14.2 Å². The lowest BCUT2D eigenvalue weighted by atomic mass is 10.0. The highest BCUT2D eigenvalue weighted by atomic mass is 16.5. The van der Waals surface area contributed by atoms with Crippen molar-refractivity contribution in [2.45, 2.75) is 32.4 Å². The number of carbonyl (C=O) groups is 2. The Balaban J connectivity index is 1.70. The van der Waals surface area contributed by atoms with Gasteiger partial charge in [0.2, 0.25) is 0 Å². The van der Waals surface area contributed by atoms with Gasteiger partial charge < -0.3 is 29.7 Å². The maximum Gasteiger partial charge on any atom is 0.254 e. The minimum atomic E-state index is -0.0999. The van der Waals surface area contributed by atoms with Crippen LogP contribution in [0.25, 0.3) is 0 Å². The largest absolute Gasteiger partial charge is 0.493 e. The van der Waals surface area contributed by atoms with Crippen LogP contribution in [0.1, 0.15) is 41.0 Å². The number of benzene rings is 2. The van der Waals surface area contributed by atoms with Crippen LogP contribution in [-0.4, -0.2) is 75.9 Å². The van der Waals surface area contributed by atoms with E-state index in [0.29, 0.717) is 48.9 Å². The highest BCUT2D eigenvalue weighted by Crippen LogP contribution is 2.29. The van der Waals surface area contributed by atoms with Gasteiger partial charge in [-0.3, -0.25) is 9.59 Å². The van der Waals surface area contributed by atoms with Gasteiger partial charge in [0, 0.05) is 68.9 Å². The predicted molar refractivity (Wildman–Crippen MR) is 135 cm³/mol. The number of rotatable bonds is 12. The first-order valence-electron chi connectivity index (χ1n) is 12.1. The molecular weight excluding hydrogens is 446 g/mol. The molecule has 190 valence electrons. The fourth-order valence-electron chi connectivity index (χ4n) is 4.19. The summed E-state index contributed by atoms with van der Waals surface area (Å²) in [5.74, 6) is 1.03. The molecule has 2 amide bonds. The molecule has 2 aromatic rings. The number of methoxy groups -OCH3 is 2. The number of hydrogen-bond donors (Lipinski definition) is 2. The van der Waals surface area contributed by atoms with Gasteiger partial charge in [-0.25, -0.2) is 0 Å². The van der Waals surface area contributed by atoms with Crippen molar-refractivity contribution in [3.63, 3.8) is 0 Å². The number of hydrogen-bond acceptors (Lipinski definition) is 6. The maximum absolute atomic E-state index is 13.6. The summed E-state index contributed by atoms with van der Waals surface area (Å²) in [6.45, 7) is 7.00. The fourth-order valence-corrected chi connectivity index (χ4v) is 4.19. The molecule has 1 fully saturated rings. The molecule has 0 unspecified atom stereocenters. The first kappa shape index (κ1) is 26.5. The molecule has 2 atom stereocenters. The summed E-state index contributed by atoms with van der Waals surface area (Å²) in [4.78, 5) is 28.1. The Labute approximate surface area is 207 Å². The number of nitrogens with zero attached hydrogens (tertiary/aromatic N) is 1. The van der Waals surface area contributed by atoms with Crippen molar-refractivity contribution in [2.75, 3.05) is 47.1 Å². The summed E-state index contributed by atoms with van der Waals surface area (Å²) in [6.07, 6.45) is 0.737. The van der Waals surface area contributed by atoms with Crippen LogP contribution in [-0.2, 0) is 4.74 Å². The molecule has 0 aromatic heterocycles. The van der Waals surface area contributed by atoms with Crippen LogP contribution in [0.3, 0.4) is 0 Å². The van der Waals surface area contributed by atoms with Crippen molar-refractivity contribution < 1.29 is 23.8 Å². The molecule has 35 heavy (non-hydrogen) atoms. The topological polar surface area (TPSA) is 89.1 Å². The van der Waals surface area contributed by atoms with Crippen molar-refractivity contribution >= 4 is 11.8 Å². The van der Waals surface area contributed by atoms with Crippen molar-refractivity contribution in [3.8, 4) is 11.5 Å². The summed E-state index contributed by atoms with van der Waals surface area (Å²) in [6, 6.07) is 14.4. The first-order valence-corrected chi connectivity index (χ1v) is 12.1. The van der Waals surface area contributed by atoms with Gasteiger partial charge in [-0.05, 0) is 44.2 Å². The van der Waals surface area contributed by atoms with Crippen LogP contribution >= 0.6 is 0 Å². The van der Waals surface area contributed by atoms with Crippen molar-refractivity contribution in [1.29, 1.82) is 0 Å². The maximum atomic E-state index is 13.6. The second-order valence-electron chi connectivity index (χ2n) is 8.98. The smallest absolute Gasteiger partial charge is 0.254 e. The lowest BCUT2D eigenvalue weighted by Crippen LogP contribution is -2.47. The molecule has 0 spiro atoms. The molecule has 8 heteroatoms. The Morgan fingerprint density at radius 2 is 1.80 bits per heavy atom. The summed E-state index contributed by atoms with van der Waals surface area (Å²) >= 11 is 0. The van der Waals surface area contributed by atoms with Gasteiger partial charge in [0.05, 0.1) is 13.7 Å². The Hall–Kier alpha value is -3.10. The molecular formula is C27H37N3O5. The van der Waals surface area contributed by atoms with Crippen LogP contribution in [0.5, 0.6) is 11.5 Å². The predicted octanol–water partition coefficient (Wildman–Crippen LogP) is 2.98. The SMILES string of the molecule is COCCCOc1cc(C(=O)N(C[C@H]2CNC[C@@H]2NC(=O)c2ccccc2)C(C)C)ccc1OC. The van der Waals surface area contributed by atoms with E-state index >= 15 is 0 Å². The second-order valence-corrected chi connectivity index (χ2v) is 8.98. The standard InChI is InChI=1S/C27H37N3O5/c1-19(2)30(18-22-16-28-17-23(22)29-26(31)20-9-6-5-7-10-20)27(32)21-11-12-24(34-4)25(15-21)35-14-8-13-33-3/h5-7,9-12,15,19,22-23,28H,8,13-14,16-18H2,1-4H3,(H,29,31)/t22-,23+/m1/s1. The van der Waals surface area contributed by atoms with E-state index in [2.05, 4.69) is 10.6 Å². The summed E-state index contributed by atoms with van der Waals surface area (Å²) in [5.41, 5.74) is 1.17. The molecule has 1 heterocycles. The van der Waals surface area contributed by atoms with Crippen molar-refractivity contribution in [1.82, 2.24) is 15.5 Å². The third-order valence-electron chi connectivity index (χ3n) is 6.17. The Bertz CT molecular complexity index is 967. The average molecular weight is 484 g/mol. The zero-order valence-corrected chi connectivity index (χ0v) is 21.1. The van der Waals surface area contributed by atoms with Crippen LogP contribution in [0.4, 0.5) is 0 Å². The van der Waals surface area contributed by atoms with Crippen molar-refractivity contribution in [2.24, 2.45) is 5.92 Å². The molecule has 1 saturated heterocycles. The summed E-state index contributed by atoms with van der Waals surface area (Å²) in [5, 5.41) is 6.50. The van der Waals surface area contributed by atoms with Gasteiger partial charge in [-0.1, -0.05) is 18.2 Å². The molecule has 2 N–H and O–H groups in total. The van der Waals surface area contributed by atoms with Crippen molar-refractivity contribution in [3.05, 3.63) is 59.7 Å². The van der Waals surface area contributed by atoms with Crippen LogP contribution in [0, 0.1) is 5.92 Å². The van der Waals surface area contributed by atoms with E-state index in [1.807, 2.05) is 36.9 Å². The Morgan fingerprint density at radius 1 is 1.03 bits per heavy atom. The molecule has 8 nitrogen and oxygen atoms in total. The average Bonchev–Trinajstić information content (AvgIpc) is 3.31. The van der Waals surface area contributed by atoms with Gasteiger partial charge in [0.25, 0.3) is 11.8 Å². The van der Waals surface area contributed by atoms with Gasteiger partial charge in [0.15, 0.2) is 11.5 Å². The van der Waals surface area contributed by atoms with E-state index in [9.17, 15) is 9.59 Å². The number of carbonyl (C=O) groups excluding carboxylic acids is 2. The molecule has 0 aliphatic carbocycles. The highest BCUT2D eigenvalue weighted by molar-refractivity contribution is 5.95. The monoisotopic (exact) mass is 483 g/mol. The molecule has 3 rings (SSSR count). The lowest BCUT2D eigenvalue weighted by molar-refractivity contribution is 0.0666. The minimum absolute atomic E-state index is 0.0123. The van der Waals surface area contributed by atoms with Gasteiger partial charge in [-0.2, -0.15) is 0 Å². The normalized spacial score (nSPS) is 17.3. The first-order chi connectivity index (χ1) is 16.9. The molecule has 1 aliphatic heterocycles.